The quantitative estimate of drug-likeness (QED) is 0.903. The summed E-state index contributed by atoms with van der Waals surface area (Å²) in [6.45, 7) is 2.11. The predicted molar refractivity (Wildman–Crippen MR) is 56.9 cm³/mol. The Balaban J connectivity index is 1.96. The third-order valence-electron chi connectivity index (χ3n) is 2.70. The lowest BCUT2D eigenvalue weighted by Gasteiger charge is -2.20. The Labute approximate surface area is 91.8 Å². The SMILES string of the molecule is OC[C@H]1CCCN1Cc1ccc(Br)o1. The van der Waals surface area contributed by atoms with Gasteiger partial charge in [0, 0.05) is 6.04 Å². The van der Waals surface area contributed by atoms with Crippen LogP contribution in [0.3, 0.4) is 0 Å². The molecule has 0 saturated carbocycles. The van der Waals surface area contributed by atoms with Crippen LogP contribution in [0.4, 0.5) is 0 Å². The fraction of sp³-hybridized carbons (Fsp3) is 0.600. The molecule has 1 aromatic heterocycles. The van der Waals surface area contributed by atoms with Gasteiger partial charge in [-0.1, -0.05) is 0 Å². The van der Waals surface area contributed by atoms with Crippen molar-refractivity contribution in [1.29, 1.82) is 0 Å². The molecule has 0 radical (unpaired) electrons. The highest BCUT2D eigenvalue weighted by Gasteiger charge is 2.24. The van der Waals surface area contributed by atoms with Gasteiger partial charge in [0.15, 0.2) is 4.67 Å². The van der Waals surface area contributed by atoms with Gasteiger partial charge in [-0.3, -0.25) is 4.90 Å². The molecular formula is C10H14BrNO2. The maximum atomic E-state index is 9.14. The molecule has 1 aliphatic rings. The summed E-state index contributed by atoms with van der Waals surface area (Å²) in [4.78, 5) is 2.27. The number of halogens is 1. The molecule has 1 fully saturated rings. The van der Waals surface area contributed by atoms with Gasteiger partial charge in [0.05, 0.1) is 13.2 Å². The van der Waals surface area contributed by atoms with Crippen molar-refractivity contribution < 1.29 is 9.52 Å². The molecule has 0 amide bonds. The van der Waals surface area contributed by atoms with Crippen LogP contribution < -0.4 is 0 Å². The van der Waals surface area contributed by atoms with Crippen molar-refractivity contribution in [3.63, 3.8) is 0 Å². The zero-order chi connectivity index (χ0) is 9.97. The van der Waals surface area contributed by atoms with Crippen LogP contribution in [0, 0.1) is 0 Å². The zero-order valence-corrected chi connectivity index (χ0v) is 9.53. The normalized spacial score (nSPS) is 23.1. The molecule has 2 heterocycles. The van der Waals surface area contributed by atoms with Gasteiger partial charge in [-0.05, 0) is 47.4 Å². The van der Waals surface area contributed by atoms with E-state index >= 15 is 0 Å². The lowest BCUT2D eigenvalue weighted by molar-refractivity contribution is 0.146. The summed E-state index contributed by atoms with van der Waals surface area (Å²) in [6, 6.07) is 4.19. The second-order valence-electron chi connectivity index (χ2n) is 3.65. The van der Waals surface area contributed by atoms with Gasteiger partial charge < -0.3 is 9.52 Å². The molecular weight excluding hydrogens is 246 g/mol. The van der Waals surface area contributed by atoms with Crippen molar-refractivity contribution in [2.24, 2.45) is 0 Å². The maximum absolute atomic E-state index is 9.14. The van der Waals surface area contributed by atoms with Crippen molar-refractivity contribution in [1.82, 2.24) is 4.90 Å². The highest BCUT2D eigenvalue weighted by atomic mass is 79.9. The molecule has 0 spiro atoms. The first kappa shape index (κ1) is 10.2. The first-order valence-corrected chi connectivity index (χ1v) is 5.68. The number of furan rings is 1. The molecule has 2 rings (SSSR count). The Morgan fingerprint density at radius 1 is 1.57 bits per heavy atom. The minimum absolute atomic E-state index is 0.252. The number of hydrogen-bond acceptors (Lipinski definition) is 3. The summed E-state index contributed by atoms with van der Waals surface area (Å²) in [6.07, 6.45) is 2.27. The molecule has 3 nitrogen and oxygen atoms in total. The van der Waals surface area contributed by atoms with Gasteiger partial charge >= 0.3 is 0 Å². The van der Waals surface area contributed by atoms with Crippen molar-refractivity contribution >= 4 is 15.9 Å². The Hall–Kier alpha value is -0.320. The van der Waals surface area contributed by atoms with Crippen LogP contribution >= 0.6 is 15.9 Å². The number of rotatable bonds is 3. The van der Waals surface area contributed by atoms with Crippen LogP contribution in [0.5, 0.6) is 0 Å². The van der Waals surface area contributed by atoms with Crippen LogP contribution in [-0.2, 0) is 6.54 Å². The van der Waals surface area contributed by atoms with E-state index in [0.717, 1.165) is 29.9 Å². The molecule has 1 atom stereocenters. The Kier molecular flexibility index (Phi) is 3.26. The lowest BCUT2D eigenvalue weighted by Crippen LogP contribution is -2.31. The van der Waals surface area contributed by atoms with E-state index in [-0.39, 0.29) is 6.61 Å². The molecule has 1 saturated heterocycles. The van der Waals surface area contributed by atoms with Gasteiger partial charge in [0.1, 0.15) is 5.76 Å². The van der Waals surface area contributed by atoms with Gasteiger partial charge in [0.25, 0.3) is 0 Å². The Morgan fingerprint density at radius 2 is 2.43 bits per heavy atom. The standard InChI is InChI=1S/C10H14BrNO2/c11-10-4-3-9(14-10)6-12-5-1-2-8(12)7-13/h3-4,8,13H,1-2,5-7H2/t8-/m1/s1. The highest BCUT2D eigenvalue weighted by Crippen LogP contribution is 2.21. The van der Waals surface area contributed by atoms with E-state index in [1.165, 1.54) is 6.42 Å². The van der Waals surface area contributed by atoms with Crippen molar-refractivity contribution in [3.8, 4) is 0 Å². The maximum Gasteiger partial charge on any atom is 0.169 e. The van der Waals surface area contributed by atoms with E-state index < -0.39 is 0 Å². The summed E-state index contributed by atoms with van der Waals surface area (Å²) < 4.78 is 6.20. The number of likely N-dealkylation sites (tertiary alicyclic amines) is 1. The molecule has 0 aromatic carbocycles. The summed E-state index contributed by atoms with van der Waals surface area (Å²) in [7, 11) is 0. The van der Waals surface area contributed by atoms with Crippen molar-refractivity contribution in [2.45, 2.75) is 25.4 Å². The van der Waals surface area contributed by atoms with Crippen LogP contribution in [0.15, 0.2) is 21.2 Å². The molecule has 4 heteroatoms. The third kappa shape index (κ3) is 2.19. The van der Waals surface area contributed by atoms with Crippen molar-refractivity contribution in [2.75, 3.05) is 13.2 Å². The van der Waals surface area contributed by atoms with E-state index in [9.17, 15) is 0 Å². The van der Waals surface area contributed by atoms with E-state index in [4.69, 9.17) is 9.52 Å². The summed E-state index contributed by atoms with van der Waals surface area (Å²) >= 11 is 3.28. The third-order valence-corrected chi connectivity index (χ3v) is 3.12. The molecule has 14 heavy (non-hydrogen) atoms. The molecule has 1 aromatic rings. The largest absolute Gasteiger partial charge is 0.453 e. The van der Waals surface area contributed by atoms with Crippen LogP contribution in [-0.4, -0.2) is 29.2 Å². The number of aliphatic hydroxyl groups excluding tert-OH is 1. The Bertz CT molecular complexity index is 300. The second-order valence-corrected chi connectivity index (χ2v) is 4.44. The average Bonchev–Trinajstić information content (AvgIpc) is 2.76. The average molecular weight is 260 g/mol. The summed E-state index contributed by atoms with van der Waals surface area (Å²) in [5, 5.41) is 9.14. The van der Waals surface area contributed by atoms with Crippen molar-refractivity contribution in [3.05, 3.63) is 22.6 Å². The molecule has 1 aliphatic heterocycles. The van der Waals surface area contributed by atoms with Gasteiger partial charge in [-0.2, -0.15) is 0 Å². The molecule has 78 valence electrons. The van der Waals surface area contributed by atoms with E-state index in [1.807, 2.05) is 12.1 Å². The predicted octanol–water partition coefficient (Wildman–Crippen LogP) is 2.00. The molecule has 0 bridgehead atoms. The Morgan fingerprint density at radius 3 is 3.07 bits per heavy atom. The minimum Gasteiger partial charge on any atom is -0.453 e. The lowest BCUT2D eigenvalue weighted by atomic mass is 10.2. The molecule has 1 N–H and O–H groups in total. The van der Waals surface area contributed by atoms with E-state index in [1.54, 1.807) is 0 Å². The van der Waals surface area contributed by atoms with Crippen LogP contribution in [0.2, 0.25) is 0 Å². The fourth-order valence-electron chi connectivity index (χ4n) is 1.95. The van der Waals surface area contributed by atoms with E-state index in [2.05, 4.69) is 20.8 Å². The van der Waals surface area contributed by atoms with Gasteiger partial charge in [-0.25, -0.2) is 0 Å². The van der Waals surface area contributed by atoms with Gasteiger partial charge in [0.2, 0.25) is 0 Å². The van der Waals surface area contributed by atoms with Crippen LogP contribution in [0.1, 0.15) is 18.6 Å². The van der Waals surface area contributed by atoms with Crippen LogP contribution in [0.25, 0.3) is 0 Å². The minimum atomic E-state index is 0.252. The smallest absolute Gasteiger partial charge is 0.169 e. The highest BCUT2D eigenvalue weighted by molar-refractivity contribution is 9.10. The summed E-state index contributed by atoms with van der Waals surface area (Å²) in [5.74, 6) is 0.956. The number of aliphatic hydroxyl groups is 1. The number of nitrogens with zero attached hydrogens (tertiary/aromatic N) is 1. The molecule has 0 aliphatic carbocycles. The van der Waals surface area contributed by atoms with E-state index in [0.29, 0.717) is 6.04 Å². The second kappa shape index (κ2) is 4.47. The fourth-order valence-corrected chi connectivity index (χ4v) is 2.29. The summed E-state index contributed by atoms with van der Waals surface area (Å²) in [5.41, 5.74) is 0. The number of hydrogen-bond donors (Lipinski definition) is 1. The van der Waals surface area contributed by atoms with Gasteiger partial charge in [-0.15, -0.1) is 0 Å². The zero-order valence-electron chi connectivity index (χ0n) is 7.95. The first-order chi connectivity index (χ1) is 6.79. The monoisotopic (exact) mass is 259 g/mol. The first-order valence-electron chi connectivity index (χ1n) is 4.88. The topological polar surface area (TPSA) is 36.6 Å². The molecule has 0 unspecified atom stereocenters.